The van der Waals surface area contributed by atoms with Crippen molar-refractivity contribution >= 4 is 50.3 Å². The second-order valence-electron chi connectivity index (χ2n) is 16.1. The molecule has 0 aromatic carbocycles. The van der Waals surface area contributed by atoms with E-state index in [0.29, 0.717) is 45.3 Å². The van der Waals surface area contributed by atoms with Crippen molar-refractivity contribution in [3.8, 4) is 0 Å². The first-order chi connectivity index (χ1) is 33.0. The molecule has 0 spiro atoms. The number of methoxy groups -OCH3 is 1. The molecule has 0 aliphatic carbocycles. The third-order valence-electron chi connectivity index (χ3n) is 11.1. The number of ether oxygens (including phenoxy) is 7. The largest absolute Gasteiger partial charge is 0.472 e. The number of fused-ring (bicyclic) bond motifs is 1. The van der Waals surface area contributed by atoms with Crippen LogP contribution in [0.1, 0.15) is 76.7 Å². The predicted molar refractivity (Wildman–Crippen MR) is 236 cm³/mol. The predicted octanol–water partition coefficient (Wildman–Crippen LogP) is 0.860. The highest BCUT2D eigenvalue weighted by Gasteiger charge is 2.50. The number of phosphoric acid groups is 2. The van der Waals surface area contributed by atoms with Gasteiger partial charge in [0.15, 0.2) is 42.6 Å². The fourth-order valence-electron chi connectivity index (χ4n) is 7.61. The monoisotopic (exact) mass is 1020 g/mol. The molecule has 3 aliphatic rings. The summed E-state index contributed by atoms with van der Waals surface area (Å²) in [6.45, 7) is 2.84. The Bertz CT molecular complexity index is 2330. The SMILES string of the molecule is C=CCCC(=O)N[C@@H](CCCCOC1CCCCO1)C(=O)O[C@H]1[C@@H](O)[C@H](n2cnc3c(N)ncnc32)O[C@@H]1COP(=O)(O)O[C@@H]([C@@H](OC1CCCO1)n1ccc(N)nc1=O)[C@@H](COP(=O)(O)O)OC. The van der Waals surface area contributed by atoms with E-state index in [1.54, 1.807) is 0 Å². The number of rotatable bonds is 27. The molecule has 3 fully saturated rings. The summed E-state index contributed by atoms with van der Waals surface area (Å²) in [6, 6.07) is -0.0408. The van der Waals surface area contributed by atoms with E-state index in [-0.39, 0.29) is 48.5 Å². The fraction of sp³-hybridized carbons (Fsp3) is 0.667. The molecule has 3 aromatic heterocycles. The van der Waals surface area contributed by atoms with Crippen molar-refractivity contribution in [2.75, 3.05) is 51.6 Å². The number of aromatic nitrogens is 6. The van der Waals surface area contributed by atoms with E-state index in [2.05, 4.69) is 36.4 Å². The number of hydrogen-bond donors (Lipinski definition) is 7. The lowest BCUT2D eigenvalue weighted by Gasteiger charge is -2.35. The standard InChI is InChI=1S/C39H59N9O19P2/c1-3-4-11-27(49)45-23(10-5-7-16-59-28-12-6-8-17-60-28)38(51)66-32-25(64-36(31(32)50)48-22-44-30-34(41)42-21-43-35(30)48)20-63-69(56,57)67-33(24(58-2)19-62-68(53,54)55)37(65-29-13-9-18-61-29)47-15-14-26(40)46-39(47)52/h3,14-15,21-25,28-29,31-33,36-37,50H,1,4-13,16-20H2,2H3,(H,45,49)(H,56,57)(H2,40,46,52)(H2,41,42,43)(H2,53,54,55)/t23-,24+,25+,28?,29?,31+,32+,33+,36+,37+/m0/s1. The van der Waals surface area contributed by atoms with E-state index in [1.165, 1.54) is 23.0 Å². The van der Waals surface area contributed by atoms with Crippen LogP contribution in [-0.2, 0) is 65.4 Å². The Morgan fingerprint density at radius 3 is 2.52 bits per heavy atom. The zero-order valence-corrected chi connectivity index (χ0v) is 39.4. The quantitative estimate of drug-likeness (QED) is 0.0241. The summed E-state index contributed by atoms with van der Waals surface area (Å²) in [5, 5.41) is 14.5. The minimum atomic E-state index is -5.52. The van der Waals surface area contributed by atoms with Gasteiger partial charge in [-0.2, -0.15) is 4.98 Å². The van der Waals surface area contributed by atoms with Crippen LogP contribution in [0.15, 0.2) is 42.4 Å². The van der Waals surface area contributed by atoms with Crippen molar-refractivity contribution in [2.24, 2.45) is 0 Å². The Labute approximate surface area is 394 Å². The minimum Gasteiger partial charge on any atom is -0.455 e. The number of aliphatic hydroxyl groups excluding tert-OH is 1. The van der Waals surface area contributed by atoms with E-state index in [0.717, 1.165) is 43.5 Å². The molecular formula is C39H59N9O19P2. The molecule has 0 bridgehead atoms. The minimum absolute atomic E-state index is 0.00641. The number of hydrogen-bond acceptors (Lipinski definition) is 22. The fourth-order valence-corrected chi connectivity index (χ4v) is 8.90. The Hall–Kier alpha value is -4.35. The summed E-state index contributed by atoms with van der Waals surface area (Å²) < 4.78 is 84.4. The van der Waals surface area contributed by atoms with Crippen LogP contribution < -0.4 is 22.5 Å². The van der Waals surface area contributed by atoms with E-state index in [4.69, 9.17) is 53.7 Å². The smallest absolute Gasteiger partial charge is 0.455 e. The maximum absolute atomic E-state index is 14.1. The number of carbonyl (C=O) groups excluding carboxylic acids is 2. The number of allylic oxidation sites excluding steroid dienone is 1. The highest BCUT2D eigenvalue weighted by molar-refractivity contribution is 7.47. The number of nitrogens with zero attached hydrogens (tertiary/aromatic N) is 6. The van der Waals surface area contributed by atoms with Gasteiger partial charge in [-0.05, 0) is 57.4 Å². The lowest BCUT2D eigenvalue weighted by atomic mass is 10.1. The van der Waals surface area contributed by atoms with E-state index in [9.17, 15) is 43.3 Å². The van der Waals surface area contributed by atoms with Gasteiger partial charge in [-0.15, -0.1) is 6.58 Å². The summed E-state index contributed by atoms with van der Waals surface area (Å²) >= 11 is 0. The van der Waals surface area contributed by atoms with Gasteiger partial charge in [-0.1, -0.05) is 6.08 Å². The normalized spacial score (nSPS) is 24.6. The first-order valence-corrected chi connectivity index (χ1v) is 25.1. The van der Waals surface area contributed by atoms with Crippen LogP contribution in [0.3, 0.4) is 0 Å². The second kappa shape index (κ2) is 25.2. The van der Waals surface area contributed by atoms with Crippen molar-refractivity contribution in [1.82, 2.24) is 34.4 Å². The van der Waals surface area contributed by atoms with Gasteiger partial charge in [0, 0.05) is 46.0 Å². The Balaban J connectivity index is 1.26. The average molecular weight is 1020 g/mol. The number of carbonyl (C=O) groups is 2. The Morgan fingerprint density at radius 1 is 1.06 bits per heavy atom. The van der Waals surface area contributed by atoms with E-state index >= 15 is 0 Å². The van der Waals surface area contributed by atoms with Crippen LogP contribution in [-0.4, -0.2) is 150 Å². The van der Waals surface area contributed by atoms with Crippen molar-refractivity contribution < 1.29 is 85.2 Å². The molecule has 9 N–H and O–H groups in total. The first-order valence-electron chi connectivity index (χ1n) is 22.1. The zero-order valence-electron chi connectivity index (χ0n) is 37.6. The molecule has 3 unspecified atom stereocenters. The van der Waals surface area contributed by atoms with Gasteiger partial charge in [0.25, 0.3) is 0 Å². The molecule has 30 heteroatoms. The third-order valence-corrected chi connectivity index (χ3v) is 12.5. The molecular weight excluding hydrogens is 960 g/mol. The second-order valence-corrected chi connectivity index (χ2v) is 18.7. The van der Waals surface area contributed by atoms with Gasteiger partial charge in [0.2, 0.25) is 5.91 Å². The van der Waals surface area contributed by atoms with Gasteiger partial charge >= 0.3 is 27.3 Å². The number of nitrogens with one attached hydrogen (secondary N) is 1. The van der Waals surface area contributed by atoms with Crippen LogP contribution in [0.4, 0.5) is 11.6 Å². The molecule has 6 rings (SSSR count). The molecule has 3 aromatic rings. The molecule has 0 saturated carbocycles. The molecule has 28 nitrogen and oxygen atoms in total. The van der Waals surface area contributed by atoms with Gasteiger partial charge in [0.1, 0.15) is 48.1 Å². The molecule has 69 heavy (non-hydrogen) atoms. The van der Waals surface area contributed by atoms with Crippen LogP contribution >= 0.6 is 15.6 Å². The zero-order chi connectivity index (χ0) is 49.7. The maximum Gasteiger partial charge on any atom is 0.472 e. The third kappa shape index (κ3) is 15.3. The van der Waals surface area contributed by atoms with E-state index in [1.807, 2.05) is 0 Å². The number of nitrogen functional groups attached to an aromatic ring is 2. The number of aliphatic hydroxyl groups is 1. The van der Waals surface area contributed by atoms with Crippen molar-refractivity contribution in [3.63, 3.8) is 0 Å². The number of imidazole rings is 1. The van der Waals surface area contributed by atoms with Crippen LogP contribution in [0, 0.1) is 0 Å². The highest BCUT2D eigenvalue weighted by Crippen LogP contribution is 2.49. The summed E-state index contributed by atoms with van der Waals surface area (Å²) in [4.78, 5) is 86.8. The maximum atomic E-state index is 14.1. The average Bonchev–Trinajstić information content (AvgIpc) is 4.06. The lowest BCUT2D eigenvalue weighted by Crippen LogP contribution is -2.47. The number of nitrogens with two attached hydrogens (primary N) is 2. The van der Waals surface area contributed by atoms with E-state index < -0.39 is 102 Å². The first kappa shape index (κ1) is 54.0. The number of esters is 1. The molecule has 0 radical (unpaired) electrons. The topological polar surface area (TPSA) is 384 Å². The van der Waals surface area contributed by atoms with Crippen molar-refractivity contribution in [1.29, 1.82) is 0 Å². The summed E-state index contributed by atoms with van der Waals surface area (Å²) in [6.07, 6.45) is -3.52. The van der Waals surface area contributed by atoms with Crippen molar-refractivity contribution in [3.05, 3.63) is 48.1 Å². The highest BCUT2D eigenvalue weighted by atomic mass is 31.2. The summed E-state index contributed by atoms with van der Waals surface area (Å²) in [7, 11) is -9.67. The number of anilines is 2. The molecule has 11 atom stereocenters. The summed E-state index contributed by atoms with van der Waals surface area (Å²) in [5.74, 6) is -1.68. The number of phosphoric ester groups is 2. The number of amides is 1. The molecule has 1 amide bonds. The van der Waals surface area contributed by atoms with Gasteiger partial charge in [0.05, 0.1) is 19.5 Å². The number of unbranched alkanes of at least 4 members (excludes halogenated alkanes) is 1. The van der Waals surface area contributed by atoms with Crippen molar-refractivity contribution in [2.45, 2.75) is 126 Å². The lowest BCUT2D eigenvalue weighted by molar-refractivity contribution is -0.215. The molecule has 6 heterocycles. The van der Waals surface area contributed by atoms with Gasteiger partial charge < -0.3 is 69.7 Å². The van der Waals surface area contributed by atoms with Gasteiger partial charge in [-0.25, -0.2) is 33.7 Å². The molecule has 3 aliphatic heterocycles. The van der Waals surface area contributed by atoms with Crippen LogP contribution in [0.25, 0.3) is 11.2 Å². The molecule has 384 valence electrons. The molecule has 3 saturated heterocycles. The summed E-state index contributed by atoms with van der Waals surface area (Å²) in [5.41, 5.74) is 10.9. The van der Waals surface area contributed by atoms with Crippen LogP contribution in [0.2, 0.25) is 0 Å². The Morgan fingerprint density at radius 2 is 1.83 bits per heavy atom. The van der Waals surface area contributed by atoms with Crippen LogP contribution in [0.5, 0.6) is 0 Å². The Kier molecular flexibility index (Phi) is 19.7. The van der Waals surface area contributed by atoms with Gasteiger partial charge in [-0.3, -0.25) is 27.5 Å².